The first-order valence-electron chi connectivity index (χ1n) is 7.40. The summed E-state index contributed by atoms with van der Waals surface area (Å²) < 4.78 is 5.28. The molecule has 0 bridgehead atoms. The first kappa shape index (κ1) is 16.2. The van der Waals surface area contributed by atoms with Crippen LogP contribution in [0.3, 0.4) is 0 Å². The van der Waals surface area contributed by atoms with E-state index in [1.807, 2.05) is 51.2 Å². The van der Waals surface area contributed by atoms with Gasteiger partial charge in [0.25, 0.3) is 0 Å². The number of hydrogen-bond acceptors (Lipinski definition) is 4. The Labute approximate surface area is 130 Å². The Balaban J connectivity index is 2.11. The molecule has 0 saturated heterocycles. The van der Waals surface area contributed by atoms with Gasteiger partial charge in [0.1, 0.15) is 5.60 Å². The molecule has 0 aliphatic carbocycles. The van der Waals surface area contributed by atoms with Crippen LogP contribution in [0.5, 0.6) is 0 Å². The molecule has 0 saturated carbocycles. The monoisotopic (exact) mass is 301 g/mol. The molecule has 1 heterocycles. The fourth-order valence-electron chi connectivity index (χ4n) is 2.30. The summed E-state index contributed by atoms with van der Waals surface area (Å²) in [6.07, 6.45) is 3.81. The third-order valence-electron chi connectivity index (χ3n) is 3.24. The van der Waals surface area contributed by atoms with Gasteiger partial charge in [0.2, 0.25) is 0 Å². The van der Waals surface area contributed by atoms with Gasteiger partial charge in [-0.25, -0.2) is 4.79 Å². The molecule has 0 spiro atoms. The summed E-state index contributed by atoms with van der Waals surface area (Å²) >= 11 is 0. The van der Waals surface area contributed by atoms with Crippen LogP contribution < -0.4 is 11.1 Å². The van der Waals surface area contributed by atoms with Crippen molar-refractivity contribution in [2.75, 3.05) is 6.54 Å². The van der Waals surface area contributed by atoms with E-state index in [0.717, 1.165) is 16.3 Å². The summed E-state index contributed by atoms with van der Waals surface area (Å²) in [4.78, 5) is 16.0. The predicted molar refractivity (Wildman–Crippen MR) is 87.7 cm³/mol. The summed E-state index contributed by atoms with van der Waals surface area (Å²) in [6.45, 7) is 5.85. The molecule has 118 valence electrons. The molecule has 1 aromatic heterocycles. The van der Waals surface area contributed by atoms with Crippen LogP contribution in [0.25, 0.3) is 10.8 Å². The van der Waals surface area contributed by atoms with Crippen molar-refractivity contribution in [1.82, 2.24) is 10.3 Å². The van der Waals surface area contributed by atoms with Gasteiger partial charge in [0.05, 0.1) is 0 Å². The lowest BCUT2D eigenvalue weighted by molar-refractivity contribution is 0.0506. The lowest BCUT2D eigenvalue weighted by Gasteiger charge is -2.23. The van der Waals surface area contributed by atoms with Gasteiger partial charge in [0.15, 0.2) is 0 Å². The first-order valence-corrected chi connectivity index (χ1v) is 7.40. The maximum absolute atomic E-state index is 11.9. The van der Waals surface area contributed by atoms with E-state index in [9.17, 15) is 4.79 Å². The Morgan fingerprint density at radius 1 is 1.36 bits per heavy atom. The molecule has 1 unspecified atom stereocenters. The number of carbonyl (C=O) groups is 1. The number of amides is 1. The summed E-state index contributed by atoms with van der Waals surface area (Å²) in [5, 5.41) is 5.04. The molecule has 1 amide bonds. The van der Waals surface area contributed by atoms with Gasteiger partial charge in [-0.3, -0.25) is 4.98 Å². The average Bonchev–Trinajstić information content (AvgIpc) is 2.45. The second kappa shape index (κ2) is 6.75. The van der Waals surface area contributed by atoms with Crippen LogP contribution in [0, 0.1) is 0 Å². The standard InChI is InChI=1S/C17H23N3O2/c1-17(2,3)22-16(21)20-14(10-18)9-12-5-4-6-13-11-19-8-7-15(12)13/h4-8,11,14H,9-10,18H2,1-3H3,(H,20,21). The van der Waals surface area contributed by atoms with E-state index in [0.29, 0.717) is 13.0 Å². The molecule has 1 aromatic carbocycles. The summed E-state index contributed by atoms with van der Waals surface area (Å²) in [5.41, 5.74) is 6.41. The average molecular weight is 301 g/mol. The Bertz CT molecular complexity index is 644. The fourth-order valence-corrected chi connectivity index (χ4v) is 2.30. The highest BCUT2D eigenvalue weighted by molar-refractivity contribution is 5.84. The van der Waals surface area contributed by atoms with Crippen molar-refractivity contribution in [2.45, 2.75) is 38.8 Å². The number of alkyl carbamates (subject to hydrolysis) is 1. The van der Waals surface area contributed by atoms with Crippen LogP contribution in [0.2, 0.25) is 0 Å². The topological polar surface area (TPSA) is 77.2 Å². The lowest BCUT2D eigenvalue weighted by atomic mass is 10.00. The minimum atomic E-state index is -0.519. The van der Waals surface area contributed by atoms with E-state index in [1.54, 1.807) is 6.20 Å². The van der Waals surface area contributed by atoms with E-state index in [1.165, 1.54) is 0 Å². The van der Waals surface area contributed by atoms with Crippen LogP contribution in [-0.4, -0.2) is 29.3 Å². The largest absolute Gasteiger partial charge is 0.444 e. The van der Waals surface area contributed by atoms with Crippen molar-refractivity contribution in [2.24, 2.45) is 5.73 Å². The smallest absolute Gasteiger partial charge is 0.407 e. The molecule has 5 nitrogen and oxygen atoms in total. The molecule has 0 radical (unpaired) electrons. The number of benzene rings is 1. The minimum Gasteiger partial charge on any atom is -0.444 e. The van der Waals surface area contributed by atoms with Gasteiger partial charge < -0.3 is 15.8 Å². The van der Waals surface area contributed by atoms with E-state index in [4.69, 9.17) is 10.5 Å². The highest BCUT2D eigenvalue weighted by Crippen LogP contribution is 2.19. The fraction of sp³-hybridized carbons (Fsp3) is 0.412. The highest BCUT2D eigenvalue weighted by atomic mass is 16.6. The number of nitrogens with two attached hydrogens (primary N) is 1. The first-order chi connectivity index (χ1) is 10.4. The molecule has 2 rings (SSSR count). The van der Waals surface area contributed by atoms with E-state index >= 15 is 0 Å². The zero-order valence-corrected chi connectivity index (χ0v) is 13.3. The number of pyridine rings is 1. The molecule has 0 aliphatic heterocycles. The lowest BCUT2D eigenvalue weighted by Crippen LogP contribution is -2.44. The van der Waals surface area contributed by atoms with Gasteiger partial charge in [-0.1, -0.05) is 18.2 Å². The van der Waals surface area contributed by atoms with Crippen molar-refractivity contribution < 1.29 is 9.53 Å². The number of carbonyl (C=O) groups excluding carboxylic acids is 1. The molecular formula is C17H23N3O2. The molecule has 1 atom stereocenters. The molecule has 22 heavy (non-hydrogen) atoms. The zero-order valence-electron chi connectivity index (χ0n) is 13.3. The normalized spacial score (nSPS) is 12.9. The summed E-state index contributed by atoms with van der Waals surface area (Å²) in [7, 11) is 0. The number of hydrogen-bond donors (Lipinski definition) is 2. The van der Waals surface area contributed by atoms with Gasteiger partial charge in [0, 0.05) is 30.4 Å². The number of ether oxygens (including phenoxy) is 1. The Kier molecular flexibility index (Phi) is 4.98. The van der Waals surface area contributed by atoms with Crippen LogP contribution in [0.4, 0.5) is 4.79 Å². The van der Waals surface area contributed by atoms with Gasteiger partial charge in [-0.2, -0.15) is 0 Å². The molecule has 0 fully saturated rings. The van der Waals surface area contributed by atoms with Crippen LogP contribution >= 0.6 is 0 Å². The van der Waals surface area contributed by atoms with Crippen LogP contribution in [0.15, 0.2) is 36.7 Å². The van der Waals surface area contributed by atoms with E-state index in [-0.39, 0.29) is 6.04 Å². The Morgan fingerprint density at radius 3 is 2.82 bits per heavy atom. The van der Waals surface area contributed by atoms with Crippen molar-refractivity contribution in [3.05, 3.63) is 42.2 Å². The molecule has 5 heteroatoms. The molecule has 3 N–H and O–H groups in total. The number of fused-ring (bicyclic) bond motifs is 1. The molecule has 0 aliphatic rings. The van der Waals surface area contributed by atoms with E-state index in [2.05, 4.69) is 10.3 Å². The van der Waals surface area contributed by atoms with Gasteiger partial charge >= 0.3 is 6.09 Å². The van der Waals surface area contributed by atoms with Crippen LogP contribution in [-0.2, 0) is 11.2 Å². The van der Waals surface area contributed by atoms with Gasteiger partial charge in [-0.15, -0.1) is 0 Å². The second-order valence-corrected chi connectivity index (χ2v) is 6.30. The van der Waals surface area contributed by atoms with Crippen molar-refractivity contribution >= 4 is 16.9 Å². The van der Waals surface area contributed by atoms with E-state index < -0.39 is 11.7 Å². The molecule has 2 aromatic rings. The third-order valence-corrected chi connectivity index (χ3v) is 3.24. The maximum Gasteiger partial charge on any atom is 0.407 e. The number of rotatable bonds is 4. The third kappa shape index (κ3) is 4.43. The number of aromatic nitrogens is 1. The SMILES string of the molecule is CC(C)(C)OC(=O)NC(CN)Cc1cccc2cnccc12. The Hall–Kier alpha value is -2.14. The highest BCUT2D eigenvalue weighted by Gasteiger charge is 2.19. The zero-order chi connectivity index (χ0) is 16.2. The predicted octanol–water partition coefficient (Wildman–Crippen LogP) is 2.63. The van der Waals surface area contributed by atoms with Gasteiger partial charge in [-0.05, 0) is 44.2 Å². The van der Waals surface area contributed by atoms with Crippen molar-refractivity contribution in [3.63, 3.8) is 0 Å². The van der Waals surface area contributed by atoms with Crippen LogP contribution in [0.1, 0.15) is 26.3 Å². The summed E-state index contributed by atoms with van der Waals surface area (Å²) in [6, 6.07) is 7.85. The van der Waals surface area contributed by atoms with Crippen molar-refractivity contribution in [3.8, 4) is 0 Å². The number of nitrogens with one attached hydrogen (secondary N) is 1. The Morgan fingerprint density at radius 2 is 2.14 bits per heavy atom. The van der Waals surface area contributed by atoms with Crippen molar-refractivity contribution in [1.29, 1.82) is 0 Å². The number of nitrogens with zero attached hydrogens (tertiary/aromatic N) is 1. The molecular weight excluding hydrogens is 278 g/mol. The summed E-state index contributed by atoms with van der Waals surface area (Å²) in [5.74, 6) is 0. The maximum atomic E-state index is 11.9. The second-order valence-electron chi connectivity index (χ2n) is 6.30. The minimum absolute atomic E-state index is 0.173. The quantitative estimate of drug-likeness (QED) is 0.910.